The highest BCUT2D eigenvalue weighted by Gasteiger charge is 2.15. The molecule has 1 aromatic carbocycles. The highest BCUT2D eigenvalue weighted by molar-refractivity contribution is 5.94. The van der Waals surface area contributed by atoms with Crippen molar-refractivity contribution in [1.82, 2.24) is 5.32 Å². The van der Waals surface area contributed by atoms with Crippen molar-refractivity contribution in [1.29, 1.82) is 0 Å². The normalized spacial score (nSPS) is 12.3. The van der Waals surface area contributed by atoms with Gasteiger partial charge in [0.15, 0.2) is 11.6 Å². The van der Waals surface area contributed by atoms with Gasteiger partial charge in [0.1, 0.15) is 0 Å². The smallest absolute Gasteiger partial charge is 0.251 e. The van der Waals surface area contributed by atoms with Crippen LogP contribution in [-0.4, -0.2) is 25.6 Å². The van der Waals surface area contributed by atoms with Gasteiger partial charge in [0.25, 0.3) is 5.91 Å². The topological polar surface area (TPSA) is 64.3 Å². The quantitative estimate of drug-likeness (QED) is 0.828. The van der Waals surface area contributed by atoms with Crippen LogP contribution in [0.15, 0.2) is 18.2 Å². The van der Waals surface area contributed by atoms with E-state index in [-0.39, 0.29) is 23.3 Å². The molecule has 0 bridgehead atoms. The third-order valence-corrected chi connectivity index (χ3v) is 2.79. The maximum absolute atomic E-state index is 13.5. The van der Waals surface area contributed by atoms with E-state index in [0.717, 1.165) is 12.5 Å². The zero-order chi connectivity index (χ0) is 14.4. The summed E-state index contributed by atoms with van der Waals surface area (Å²) >= 11 is 0. The Labute approximate surface area is 113 Å². The van der Waals surface area contributed by atoms with Crippen LogP contribution in [-0.2, 0) is 0 Å². The number of nitrogens with one attached hydrogen (secondary N) is 1. The van der Waals surface area contributed by atoms with Gasteiger partial charge < -0.3 is 15.8 Å². The number of rotatable bonds is 6. The highest BCUT2D eigenvalue weighted by atomic mass is 19.1. The van der Waals surface area contributed by atoms with Crippen molar-refractivity contribution in [3.8, 4) is 5.75 Å². The zero-order valence-electron chi connectivity index (χ0n) is 11.6. The molecule has 0 aromatic heterocycles. The molecule has 19 heavy (non-hydrogen) atoms. The molecule has 4 nitrogen and oxygen atoms in total. The fraction of sp³-hybridized carbons (Fsp3) is 0.500. The van der Waals surface area contributed by atoms with Crippen LogP contribution >= 0.6 is 0 Å². The highest BCUT2D eigenvalue weighted by Crippen LogP contribution is 2.17. The van der Waals surface area contributed by atoms with E-state index < -0.39 is 5.82 Å². The lowest BCUT2D eigenvalue weighted by Gasteiger charge is -2.19. The average Bonchev–Trinajstić information content (AvgIpc) is 2.37. The summed E-state index contributed by atoms with van der Waals surface area (Å²) in [4.78, 5) is 12.0. The van der Waals surface area contributed by atoms with Crippen molar-refractivity contribution in [2.45, 2.75) is 26.3 Å². The van der Waals surface area contributed by atoms with E-state index in [4.69, 9.17) is 10.5 Å². The summed E-state index contributed by atoms with van der Waals surface area (Å²) in [5.41, 5.74) is 5.88. The van der Waals surface area contributed by atoms with Crippen LogP contribution in [0.5, 0.6) is 5.75 Å². The van der Waals surface area contributed by atoms with Crippen molar-refractivity contribution in [2.24, 2.45) is 11.7 Å². The van der Waals surface area contributed by atoms with Crippen LogP contribution in [0.25, 0.3) is 0 Å². The number of carbonyl (C=O) groups excluding carboxylic acids is 1. The van der Waals surface area contributed by atoms with Crippen molar-refractivity contribution in [3.05, 3.63) is 29.6 Å². The molecule has 0 aliphatic carbocycles. The Bertz CT molecular complexity index is 435. The first kappa shape index (κ1) is 15.4. The number of nitrogens with two attached hydrogens (primary N) is 1. The molecule has 1 atom stereocenters. The number of benzene rings is 1. The van der Waals surface area contributed by atoms with Gasteiger partial charge >= 0.3 is 0 Å². The second kappa shape index (κ2) is 7.09. The number of carbonyl (C=O) groups is 1. The molecule has 1 aromatic rings. The Morgan fingerprint density at radius 1 is 1.47 bits per heavy atom. The first-order valence-electron chi connectivity index (χ1n) is 6.32. The van der Waals surface area contributed by atoms with E-state index in [1.165, 1.54) is 19.2 Å². The summed E-state index contributed by atoms with van der Waals surface area (Å²) in [6.45, 7) is 4.48. The minimum Gasteiger partial charge on any atom is -0.494 e. The number of hydrogen-bond donors (Lipinski definition) is 2. The Morgan fingerprint density at radius 2 is 2.16 bits per heavy atom. The Kier molecular flexibility index (Phi) is 5.76. The summed E-state index contributed by atoms with van der Waals surface area (Å²) in [7, 11) is 1.38. The van der Waals surface area contributed by atoms with Crippen LogP contribution in [0.2, 0.25) is 0 Å². The zero-order valence-corrected chi connectivity index (χ0v) is 11.6. The van der Waals surface area contributed by atoms with E-state index in [1.54, 1.807) is 0 Å². The summed E-state index contributed by atoms with van der Waals surface area (Å²) < 4.78 is 18.3. The third kappa shape index (κ3) is 4.52. The van der Waals surface area contributed by atoms with E-state index in [1.807, 2.05) is 0 Å². The fourth-order valence-corrected chi connectivity index (χ4v) is 1.86. The molecule has 3 N–H and O–H groups in total. The number of methoxy groups -OCH3 is 1. The number of ether oxygens (including phenoxy) is 1. The lowest BCUT2D eigenvalue weighted by Crippen LogP contribution is -2.41. The van der Waals surface area contributed by atoms with Crippen LogP contribution < -0.4 is 15.8 Å². The van der Waals surface area contributed by atoms with Gasteiger partial charge in [-0.3, -0.25) is 4.79 Å². The molecule has 0 radical (unpaired) electrons. The molecule has 1 rings (SSSR count). The average molecular weight is 268 g/mol. The van der Waals surface area contributed by atoms with Crippen molar-refractivity contribution in [2.75, 3.05) is 13.7 Å². The third-order valence-electron chi connectivity index (χ3n) is 2.79. The van der Waals surface area contributed by atoms with Crippen molar-refractivity contribution >= 4 is 5.91 Å². The first-order valence-corrected chi connectivity index (χ1v) is 6.32. The summed E-state index contributed by atoms with van der Waals surface area (Å²) in [6, 6.07) is 4.03. The first-order chi connectivity index (χ1) is 8.97. The molecule has 0 saturated heterocycles. The number of hydrogen-bond acceptors (Lipinski definition) is 3. The van der Waals surface area contributed by atoms with Gasteiger partial charge in [-0.05, 0) is 30.5 Å². The van der Waals surface area contributed by atoms with Gasteiger partial charge in [-0.2, -0.15) is 0 Å². The van der Waals surface area contributed by atoms with Crippen LogP contribution in [0.3, 0.4) is 0 Å². The second-order valence-corrected chi connectivity index (χ2v) is 4.88. The van der Waals surface area contributed by atoms with Gasteiger partial charge in [-0.1, -0.05) is 13.8 Å². The molecule has 106 valence electrons. The minimum absolute atomic E-state index is 0.0994. The lowest BCUT2D eigenvalue weighted by molar-refractivity contribution is 0.0933. The molecule has 1 unspecified atom stereocenters. The van der Waals surface area contributed by atoms with Crippen LogP contribution in [0, 0.1) is 11.7 Å². The predicted octanol–water partition coefficient (Wildman–Crippen LogP) is 1.94. The number of halogens is 1. The van der Waals surface area contributed by atoms with Crippen LogP contribution in [0.1, 0.15) is 30.6 Å². The van der Waals surface area contributed by atoms with E-state index >= 15 is 0 Å². The van der Waals surface area contributed by atoms with Gasteiger partial charge in [-0.15, -0.1) is 0 Å². The van der Waals surface area contributed by atoms with Crippen molar-refractivity contribution in [3.63, 3.8) is 0 Å². The minimum atomic E-state index is -0.552. The van der Waals surface area contributed by atoms with E-state index in [0.29, 0.717) is 12.5 Å². The predicted molar refractivity (Wildman–Crippen MR) is 72.7 cm³/mol. The van der Waals surface area contributed by atoms with Gasteiger partial charge in [0.05, 0.1) is 7.11 Å². The standard InChI is InChI=1S/C14H21FN2O2/c1-9(2)6-11(8-16)17-14(18)10-4-5-13(19-3)12(15)7-10/h4-5,7,9,11H,6,8,16H2,1-3H3,(H,17,18). The summed E-state index contributed by atoms with van der Waals surface area (Å²) in [5, 5.41) is 2.81. The van der Waals surface area contributed by atoms with E-state index in [9.17, 15) is 9.18 Å². The second-order valence-electron chi connectivity index (χ2n) is 4.88. The SMILES string of the molecule is COc1ccc(C(=O)NC(CN)CC(C)C)cc1F. The molecular formula is C14H21FN2O2. The Morgan fingerprint density at radius 3 is 2.63 bits per heavy atom. The summed E-state index contributed by atoms with van der Waals surface area (Å²) in [5.74, 6) is -0.323. The summed E-state index contributed by atoms with van der Waals surface area (Å²) in [6.07, 6.45) is 0.793. The number of amides is 1. The molecule has 1 amide bonds. The lowest BCUT2D eigenvalue weighted by atomic mass is 10.0. The largest absolute Gasteiger partial charge is 0.494 e. The molecule has 0 fully saturated rings. The fourth-order valence-electron chi connectivity index (χ4n) is 1.86. The van der Waals surface area contributed by atoms with Gasteiger partial charge in [-0.25, -0.2) is 4.39 Å². The maximum atomic E-state index is 13.5. The van der Waals surface area contributed by atoms with Crippen LogP contribution in [0.4, 0.5) is 4.39 Å². The molecule has 0 spiro atoms. The monoisotopic (exact) mass is 268 g/mol. The molecule has 5 heteroatoms. The Hall–Kier alpha value is -1.62. The molecule has 0 aliphatic rings. The molecular weight excluding hydrogens is 247 g/mol. The maximum Gasteiger partial charge on any atom is 0.251 e. The molecule has 0 heterocycles. The van der Waals surface area contributed by atoms with Gasteiger partial charge in [0, 0.05) is 18.2 Å². The van der Waals surface area contributed by atoms with Crippen molar-refractivity contribution < 1.29 is 13.9 Å². The van der Waals surface area contributed by atoms with Gasteiger partial charge in [0.2, 0.25) is 0 Å². The molecule has 0 saturated carbocycles. The Balaban J connectivity index is 2.74. The van der Waals surface area contributed by atoms with E-state index in [2.05, 4.69) is 19.2 Å². The molecule has 0 aliphatic heterocycles.